The lowest BCUT2D eigenvalue weighted by Gasteiger charge is -2.16. The Kier molecular flexibility index (Phi) is 5.83. The fourth-order valence-electron chi connectivity index (χ4n) is 1.67. The molecule has 0 aliphatic heterocycles. The number of nitro groups is 1. The Balaban J connectivity index is 3.09. The summed E-state index contributed by atoms with van der Waals surface area (Å²) in [7, 11) is -3.32. The molecule has 1 aromatic carbocycles. The number of nitrogens with zero attached hydrogens (tertiary/aromatic N) is 2. The normalized spacial score (nSPS) is 11.1. The van der Waals surface area contributed by atoms with Crippen molar-refractivity contribution >= 4 is 13.3 Å². The Morgan fingerprint density at radius 2 is 1.95 bits per heavy atom. The first-order chi connectivity index (χ1) is 9.45. The summed E-state index contributed by atoms with van der Waals surface area (Å²) < 4.78 is 22.6. The minimum absolute atomic E-state index is 0.0404. The molecule has 1 rings (SSSR count). The lowest BCUT2D eigenvalue weighted by Crippen LogP contribution is -2.00. The van der Waals surface area contributed by atoms with Crippen molar-refractivity contribution in [3.8, 4) is 6.07 Å². The summed E-state index contributed by atoms with van der Waals surface area (Å²) in [4.78, 5) is 10.2. The maximum atomic E-state index is 12.3. The Hall–Kier alpha value is -1.74. The van der Waals surface area contributed by atoms with Gasteiger partial charge in [0, 0.05) is 6.07 Å². The molecule has 0 aliphatic rings. The van der Waals surface area contributed by atoms with Gasteiger partial charge in [0.05, 0.1) is 24.3 Å². The minimum atomic E-state index is -3.32. The van der Waals surface area contributed by atoms with E-state index < -0.39 is 12.5 Å². The fourth-order valence-corrected chi connectivity index (χ4v) is 3.35. The second-order valence-corrected chi connectivity index (χ2v) is 5.88. The largest absolute Gasteiger partial charge is 0.335 e. The van der Waals surface area contributed by atoms with Crippen LogP contribution in [0.4, 0.5) is 5.69 Å². The van der Waals surface area contributed by atoms with Gasteiger partial charge >= 0.3 is 7.60 Å². The standard InChI is InChI=1S/C12H15N2O5P/c1-3-18-20(17,19-4-2)9-10-5-6-11(8-13)12(7-10)14(15)16/h5-7H,3-4,9H2,1-2H3. The van der Waals surface area contributed by atoms with Crippen LogP contribution in [0.15, 0.2) is 18.2 Å². The van der Waals surface area contributed by atoms with Gasteiger partial charge in [-0.05, 0) is 25.5 Å². The van der Waals surface area contributed by atoms with Crippen molar-refractivity contribution in [2.24, 2.45) is 0 Å². The summed E-state index contributed by atoms with van der Waals surface area (Å²) in [5.41, 5.74) is 0.0758. The molecule has 0 bridgehead atoms. The molecular weight excluding hydrogens is 283 g/mol. The first-order valence-corrected chi connectivity index (χ1v) is 7.74. The summed E-state index contributed by atoms with van der Waals surface area (Å²) in [5, 5.41) is 19.7. The lowest BCUT2D eigenvalue weighted by molar-refractivity contribution is -0.385. The van der Waals surface area contributed by atoms with Crippen LogP contribution in [0.25, 0.3) is 0 Å². The van der Waals surface area contributed by atoms with Gasteiger partial charge < -0.3 is 9.05 Å². The van der Waals surface area contributed by atoms with E-state index in [-0.39, 0.29) is 30.6 Å². The van der Waals surface area contributed by atoms with E-state index in [1.807, 2.05) is 0 Å². The number of rotatable bonds is 7. The highest BCUT2D eigenvalue weighted by molar-refractivity contribution is 7.53. The molecule has 0 aliphatic carbocycles. The zero-order chi connectivity index (χ0) is 15.2. The third-order valence-corrected chi connectivity index (χ3v) is 4.46. The van der Waals surface area contributed by atoms with E-state index in [0.29, 0.717) is 5.56 Å². The van der Waals surface area contributed by atoms with E-state index in [1.54, 1.807) is 19.9 Å². The zero-order valence-corrected chi connectivity index (χ0v) is 12.1. The molecule has 0 saturated heterocycles. The van der Waals surface area contributed by atoms with E-state index in [4.69, 9.17) is 14.3 Å². The number of nitriles is 1. The third kappa shape index (κ3) is 4.14. The molecule has 0 heterocycles. The van der Waals surface area contributed by atoms with Crippen molar-refractivity contribution in [1.82, 2.24) is 0 Å². The van der Waals surface area contributed by atoms with Gasteiger partial charge in [-0.3, -0.25) is 14.7 Å². The van der Waals surface area contributed by atoms with Gasteiger partial charge in [0.25, 0.3) is 5.69 Å². The molecule has 8 heteroatoms. The SMILES string of the molecule is CCOP(=O)(Cc1ccc(C#N)c([N+](=O)[O-])c1)OCC. The van der Waals surface area contributed by atoms with Crippen LogP contribution in [-0.2, 0) is 19.8 Å². The van der Waals surface area contributed by atoms with Crippen LogP contribution < -0.4 is 0 Å². The molecule has 0 radical (unpaired) electrons. The van der Waals surface area contributed by atoms with Crippen LogP contribution in [0.3, 0.4) is 0 Å². The predicted molar refractivity (Wildman–Crippen MR) is 72.4 cm³/mol. The number of hydrogen-bond acceptors (Lipinski definition) is 6. The van der Waals surface area contributed by atoms with Gasteiger partial charge in [-0.15, -0.1) is 0 Å². The van der Waals surface area contributed by atoms with E-state index in [0.717, 1.165) is 0 Å². The summed E-state index contributed by atoms with van der Waals surface area (Å²) >= 11 is 0. The maximum absolute atomic E-state index is 12.3. The summed E-state index contributed by atoms with van der Waals surface area (Å²) in [6.45, 7) is 3.81. The van der Waals surface area contributed by atoms with Crippen LogP contribution in [0.2, 0.25) is 0 Å². The molecule has 0 spiro atoms. The summed E-state index contributed by atoms with van der Waals surface area (Å²) in [5.74, 6) is 0. The van der Waals surface area contributed by atoms with Gasteiger partial charge in [-0.1, -0.05) is 6.07 Å². The highest BCUT2D eigenvalue weighted by atomic mass is 31.2. The van der Waals surface area contributed by atoms with Crippen molar-refractivity contribution in [2.75, 3.05) is 13.2 Å². The highest BCUT2D eigenvalue weighted by Crippen LogP contribution is 2.51. The Morgan fingerprint density at radius 1 is 1.35 bits per heavy atom. The van der Waals surface area contributed by atoms with Gasteiger partial charge in [0.2, 0.25) is 0 Å². The van der Waals surface area contributed by atoms with Crippen molar-refractivity contribution < 1.29 is 18.5 Å². The molecule has 1 aromatic rings. The quantitative estimate of drug-likeness (QED) is 0.435. The van der Waals surface area contributed by atoms with E-state index >= 15 is 0 Å². The molecule has 0 fully saturated rings. The van der Waals surface area contributed by atoms with Crippen molar-refractivity contribution in [3.05, 3.63) is 39.4 Å². The first kappa shape index (κ1) is 16.3. The molecule has 0 aromatic heterocycles. The second kappa shape index (κ2) is 7.15. The predicted octanol–water partition coefficient (Wildman–Crippen LogP) is 3.23. The number of benzene rings is 1. The van der Waals surface area contributed by atoms with E-state index in [1.165, 1.54) is 18.2 Å². The average molecular weight is 298 g/mol. The lowest BCUT2D eigenvalue weighted by atomic mass is 10.1. The third-order valence-electron chi connectivity index (χ3n) is 2.41. The molecule has 0 amide bonds. The topological polar surface area (TPSA) is 102 Å². The maximum Gasteiger partial charge on any atom is 0.335 e. The number of nitro benzene ring substituents is 1. The van der Waals surface area contributed by atoms with Crippen molar-refractivity contribution in [3.63, 3.8) is 0 Å². The summed E-state index contributed by atoms with van der Waals surface area (Å²) in [6.07, 6.45) is -0.0682. The molecule has 0 saturated carbocycles. The summed E-state index contributed by atoms with van der Waals surface area (Å²) in [6, 6.07) is 5.81. The van der Waals surface area contributed by atoms with Crippen LogP contribution >= 0.6 is 7.60 Å². The van der Waals surface area contributed by atoms with Crippen LogP contribution in [-0.4, -0.2) is 18.1 Å². The molecule has 0 N–H and O–H groups in total. The first-order valence-electron chi connectivity index (χ1n) is 6.01. The second-order valence-electron chi connectivity index (χ2n) is 3.82. The van der Waals surface area contributed by atoms with Crippen LogP contribution in [0.5, 0.6) is 0 Å². The number of hydrogen-bond donors (Lipinski definition) is 0. The molecule has 0 unspecified atom stereocenters. The van der Waals surface area contributed by atoms with Gasteiger partial charge in [0.1, 0.15) is 11.6 Å². The van der Waals surface area contributed by atoms with Crippen LogP contribution in [0, 0.1) is 21.4 Å². The van der Waals surface area contributed by atoms with Crippen molar-refractivity contribution in [2.45, 2.75) is 20.0 Å². The molecular formula is C12H15N2O5P. The Labute approximate surface area is 116 Å². The molecule has 7 nitrogen and oxygen atoms in total. The average Bonchev–Trinajstić information content (AvgIpc) is 2.38. The van der Waals surface area contributed by atoms with Gasteiger partial charge in [0.15, 0.2) is 0 Å². The van der Waals surface area contributed by atoms with Crippen molar-refractivity contribution in [1.29, 1.82) is 5.26 Å². The molecule has 20 heavy (non-hydrogen) atoms. The minimum Gasteiger partial charge on any atom is -0.309 e. The van der Waals surface area contributed by atoms with E-state index in [2.05, 4.69) is 0 Å². The molecule has 108 valence electrons. The van der Waals surface area contributed by atoms with Gasteiger partial charge in [-0.2, -0.15) is 5.26 Å². The van der Waals surface area contributed by atoms with Crippen LogP contribution in [0.1, 0.15) is 25.0 Å². The Bertz CT molecular complexity index is 572. The Morgan fingerprint density at radius 3 is 2.40 bits per heavy atom. The smallest absolute Gasteiger partial charge is 0.309 e. The highest BCUT2D eigenvalue weighted by Gasteiger charge is 2.25. The van der Waals surface area contributed by atoms with E-state index in [9.17, 15) is 14.7 Å². The molecule has 0 atom stereocenters. The fraction of sp³-hybridized carbons (Fsp3) is 0.417. The van der Waals surface area contributed by atoms with Gasteiger partial charge in [-0.25, -0.2) is 0 Å². The monoisotopic (exact) mass is 298 g/mol. The zero-order valence-electron chi connectivity index (χ0n) is 11.2.